The van der Waals surface area contributed by atoms with Crippen LogP contribution in [0.1, 0.15) is 11.7 Å². The van der Waals surface area contributed by atoms with E-state index in [1.165, 1.54) is 0 Å². The molecule has 1 unspecified atom stereocenters. The van der Waals surface area contributed by atoms with Gasteiger partial charge in [0, 0.05) is 13.1 Å². The van der Waals surface area contributed by atoms with Crippen molar-refractivity contribution in [3.63, 3.8) is 0 Å². The molecule has 16 heavy (non-hydrogen) atoms. The monoisotopic (exact) mass is 237 g/mol. The lowest BCUT2D eigenvalue weighted by Crippen LogP contribution is -2.33. The van der Waals surface area contributed by atoms with Crippen LogP contribution in [0.15, 0.2) is 27.4 Å². The summed E-state index contributed by atoms with van der Waals surface area (Å²) in [5.74, 6) is 0. The first-order valence-corrected chi connectivity index (χ1v) is 6.00. The number of benzene rings is 1. The SMILES string of the molecule is O=c1oc2cc(C3CNCCO3)ccc2s1. The number of hydrogen-bond acceptors (Lipinski definition) is 5. The summed E-state index contributed by atoms with van der Waals surface area (Å²) in [4.78, 5) is 10.8. The lowest BCUT2D eigenvalue weighted by molar-refractivity contribution is 0.0277. The largest absolute Gasteiger partial charge is 0.414 e. The topological polar surface area (TPSA) is 51.5 Å². The maximum absolute atomic E-state index is 11.1. The summed E-state index contributed by atoms with van der Waals surface area (Å²) >= 11 is 1.13. The van der Waals surface area contributed by atoms with E-state index in [0.717, 1.165) is 41.3 Å². The normalized spacial score (nSPS) is 21.4. The zero-order valence-electron chi connectivity index (χ0n) is 8.56. The summed E-state index contributed by atoms with van der Waals surface area (Å²) in [6.45, 7) is 2.42. The first-order chi connectivity index (χ1) is 7.83. The fourth-order valence-corrected chi connectivity index (χ4v) is 2.52. The van der Waals surface area contributed by atoms with Gasteiger partial charge in [0.05, 0.1) is 17.4 Å². The van der Waals surface area contributed by atoms with E-state index < -0.39 is 0 Å². The molecule has 0 bridgehead atoms. The Bertz CT molecular complexity index is 554. The van der Waals surface area contributed by atoms with Crippen molar-refractivity contribution in [1.82, 2.24) is 5.32 Å². The minimum absolute atomic E-state index is 0.0587. The van der Waals surface area contributed by atoms with Gasteiger partial charge in [-0.2, -0.15) is 0 Å². The van der Waals surface area contributed by atoms with Crippen molar-refractivity contribution >= 4 is 21.6 Å². The Morgan fingerprint density at radius 2 is 2.38 bits per heavy atom. The number of nitrogens with one attached hydrogen (secondary N) is 1. The maximum atomic E-state index is 11.1. The Morgan fingerprint density at radius 1 is 1.44 bits per heavy atom. The number of hydrogen-bond donors (Lipinski definition) is 1. The molecule has 1 aliphatic heterocycles. The van der Waals surface area contributed by atoms with Crippen molar-refractivity contribution in [2.45, 2.75) is 6.10 Å². The molecule has 1 fully saturated rings. The quantitative estimate of drug-likeness (QED) is 0.817. The van der Waals surface area contributed by atoms with Crippen molar-refractivity contribution in [3.8, 4) is 0 Å². The summed E-state index contributed by atoms with van der Waals surface area (Å²) in [7, 11) is 0. The number of morpholine rings is 1. The van der Waals surface area contributed by atoms with Crippen LogP contribution < -0.4 is 10.3 Å². The average molecular weight is 237 g/mol. The van der Waals surface area contributed by atoms with Crippen LogP contribution in [-0.2, 0) is 4.74 Å². The Hall–Kier alpha value is -1.17. The Labute approximate surface area is 95.8 Å². The molecule has 2 aromatic rings. The fraction of sp³-hybridized carbons (Fsp3) is 0.364. The third-order valence-electron chi connectivity index (χ3n) is 2.65. The molecule has 1 aromatic heterocycles. The van der Waals surface area contributed by atoms with E-state index in [-0.39, 0.29) is 11.0 Å². The third kappa shape index (κ3) is 1.77. The zero-order chi connectivity index (χ0) is 11.0. The first kappa shape index (κ1) is 10.0. The van der Waals surface area contributed by atoms with E-state index in [1.54, 1.807) is 0 Å². The van der Waals surface area contributed by atoms with E-state index in [2.05, 4.69) is 5.32 Å². The van der Waals surface area contributed by atoms with Crippen LogP contribution in [0.4, 0.5) is 0 Å². The van der Waals surface area contributed by atoms with Gasteiger partial charge < -0.3 is 14.5 Å². The van der Waals surface area contributed by atoms with Crippen LogP contribution in [-0.4, -0.2) is 19.7 Å². The van der Waals surface area contributed by atoms with Crippen LogP contribution in [0, 0.1) is 0 Å². The highest BCUT2D eigenvalue weighted by Crippen LogP contribution is 2.24. The Kier molecular flexibility index (Phi) is 2.51. The molecule has 0 aliphatic carbocycles. The van der Waals surface area contributed by atoms with Crippen molar-refractivity contribution in [1.29, 1.82) is 0 Å². The molecular formula is C11H11NO3S. The second-order valence-electron chi connectivity index (χ2n) is 3.72. The van der Waals surface area contributed by atoms with E-state index in [1.807, 2.05) is 18.2 Å². The minimum Gasteiger partial charge on any atom is -0.414 e. The predicted octanol–water partition coefficient (Wildman–Crippen LogP) is 1.52. The highest BCUT2D eigenvalue weighted by molar-refractivity contribution is 7.16. The van der Waals surface area contributed by atoms with Crippen LogP contribution in [0.5, 0.6) is 0 Å². The second-order valence-corrected chi connectivity index (χ2v) is 4.70. The summed E-state index contributed by atoms with van der Waals surface area (Å²) in [6.07, 6.45) is 0.0587. The summed E-state index contributed by atoms with van der Waals surface area (Å²) in [5.41, 5.74) is 1.71. The van der Waals surface area contributed by atoms with E-state index in [0.29, 0.717) is 5.58 Å². The van der Waals surface area contributed by atoms with Crippen LogP contribution in [0.2, 0.25) is 0 Å². The standard InChI is InChI=1S/C11H11NO3S/c13-11-15-8-5-7(1-2-10(8)16-11)9-6-12-3-4-14-9/h1-2,5,9,12H,3-4,6H2. The molecule has 1 saturated heterocycles. The number of ether oxygens (including phenoxy) is 1. The smallest absolute Gasteiger partial charge is 0.396 e. The minimum atomic E-state index is -0.255. The highest BCUT2D eigenvalue weighted by Gasteiger charge is 2.16. The van der Waals surface area contributed by atoms with Gasteiger partial charge in [-0.15, -0.1) is 0 Å². The molecule has 3 rings (SSSR count). The van der Waals surface area contributed by atoms with Gasteiger partial charge in [0.1, 0.15) is 5.58 Å². The van der Waals surface area contributed by atoms with Crippen LogP contribution >= 0.6 is 11.3 Å². The molecule has 4 nitrogen and oxygen atoms in total. The summed E-state index contributed by atoms with van der Waals surface area (Å²) in [5, 5.41) is 3.27. The van der Waals surface area contributed by atoms with Gasteiger partial charge in [-0.3, -0.25) is 0 Å². The molecular weight excluding hydrogens is 226 g/mol. The van der Waals surface area contributed by atoms with Crippen LogP contribution in [0.3, 0.4) is 0 Å². The molecule has 84 valence electrons. The molecule has 1 aromatic carbocycles. The van der Waals surface area contributed by atoms with Gasteiger partial charge >= 0.3 is 4.94 Å². The zero-order valence-corrected chi connectivity index (χ0v) is 9.38. The Morgan fingerprint density at radius 3 is 3.19 bits per heavy atom. The van der Waals surface area contributed by atoms with Crippen molar-refractivity contribution in [2.75, 3.05) is 19.7 Å². The predicted molar refractivity (Wildman–Crippen MR) is 61.9 cm³/mol. The van der Waals surface area contributed by atoms with E-state index in [4.69, 9.17) is 9.15 Å². The van der Waals surface area contributed by atoms with Crippen LogP contribution in [0.25, 0.3) is 10.3 Å². The lowest BCUT2D eigenvalue weighted by Gasteiger charge is -2.23. The van der Waals surface area contributed by atoms with Crippen molar-refractivity contribution < 1.29 is 9.15 Å². The molecule has 0 saturated carbocycles. The molecule has 0 amide bonds. The molecule has 1 N–H and O–H groups in total. The van der Waals surface area contributed by atoms with E-state index in [9.17, 15) is 4.79 Å². The highest BCUT2D eigenvalue weighted by atomic mass is 32.1. The molecule has 5 heteroatoms. The molecule has 1 aliphatic rings. The van der Waals surface area contributed by atoms with Gasteiger partial charge in [-0.05, 0) is 17.7 Å². The fourth-order valence-electron chi connectivity index (χ4n) is 1.87. The molecule has 2 heterocycles. The average Bonchev–Trinajstić information content (AvgIpc) is 2.69. The number of rotatable bonds is 1. The molecule has 1 atom stereocenters. The lowest BCUT2D eigenvalue weighted by atomic mass is 10.1. The second kappa shape index (κ2) is 4.01. The van der Waals surface area contributed by atoms with Crippen molar-refractivity contribution in [3.05, 3.63) is 33.5 Å². The van der Waals surface area contributed by atoms with E-state index >= 15 is 0 Å². The molecule has 0 spiro atoms. The van der Waals surface area contributed by atoms with Gasteiger partial charge in [-0.25, -0.2) is 4.79 Å². The third-order valence-corrected chi connectivity index (χ3v) is 3.46. The van der Waals surface area contributed by atoms with Crippen molar-refractivity contribution in [2.24, 2.45) is 0 Å². The first-order valence-electron chi connectivity index (χ1n) is 5.19. The van der Waals surface area contributed by atoms with Gasteiger partial charge in [-0.1, -0.05) is 17.4 Å². The summed E-state index contributed by atoms with van der Waals surface area (Å²) < 4.78 is 11.6. The Balaban J connectivity index is 2.00. The van der Waals surface area contributed by atoms with Gasteiger partial charge in [0.2, 0.25) is 0 Å². The van der Waals surface area contributed by atoms with Gasteiger partial charge in [0.25, 0.3) is 0 Å². The van der Waals surface area contributed by atoms with Gasteiger partial charge in [0.15, 0.2) is 0 Å². The molecule has 0 radical (unpaired) electrons. The summed E-state index contributed by atoms with van der Waals surface area (Å²) in [6, 6.07) is 5.80. The maximum Gasteiger partial charge on any atom is 0.396 e. The number of fused-ring (bicyclic) bond motifs is 1.